The van der Waals surface area contributed by atoms with Gasteiger partial charge in [-0.25, -0.2) is 4.99 Å². The van der Waals surface area contributed by atoms with Gasteiger partial charge < -0.3 is 20.3 Å². The Balaban J connectivity index is 0.00000450. The van der Waals surface area contributed by atoms with E-state index in [4.69, 9.17) is 9.73 Å². The first-order chi connectivity index (χ1) is 14.0. The number of benzene rings is 1. The number of guanidine groups is 1. The molecule has 2 rings (SSSR count). The van der Waals surface area contributed by atoms with Crippen molar-refractivity contribution in [2.75, 3.05) is 45.9 Å². The van der Waals surface area contributed by atoms with E-state index in [0.717, 1.165) is 50.0 Å². The smallest absolute Gasteiger partial charge is 0.234 e. The van der Waals surface area contributed by atoms with Crippen molar-refractivity contribution in [3.05, 3.63) is 42.5 Å². The SMILES string of the molecule is C=CCOc1ccccc1CN=C(NCC)N1CCN(CC(=O)NC(C)C)CC1.I. The third-order valence-corrected chi connectivity index (χ3v) is 4.55. The molecule has 8 heteroatoms. The van der Waals surface area contributed by atoms with Crippen LogP contribution in [0.25, 0.3) is 0 Å². The molecule has 0 aromatic heterocycles. The molecule has 168 valence electrons. The van der Waals surface area contributed by atoms with Gasteiger partial charge in [0.15, 0.2) is 5.96 Å². The van der Waals surface area contributed by atoms with Crippen LogP contribution in [0.1, 0.15) is 26.3 Å². The summed E-state index contributed by atoms with van der Waals surface area (Å²) in [6.07, 6.45) is 1.74. The number of piperazine rings is 1. The summed E-state index contributed by atoms with van der Waals surface area (Å²) in [5.74, 6) is 1.83. The predicted octanol–water partition coefficient (Wildman–Crippen LogP) is 2.48. The van der Waals surface area contributed by atoms with Gasteiger partial charge in [-0.15, -0.1) is 24.0 Å². The van der Waals surface area contributed by atoms with E-state index in [1.54, 1.807) is 6.08 Å². The zero-order valence-corrected chi connectivity index (χ0v) is 20.7. The van der Waals surface area contributed by atoms with Crippen LogP contribution in [0.5, 0.6) is 5.75 Å². The maximum absolute atomic E-state index is 12.0. The van der Waals surface area contributed by atoms with Crippen LogP contribution in [-0.2, 0) is 11.3 Å². The molecule has 1 aliphatic heterocycles. The number of nitrogens with one attached hydrogen (secondary N) is 2. The zero-order chi connectivity index (χ0) is 21.1. The molecule has 1 saturated heterocycles. The quantitative estimate of drug-likeness (QED) is 0.223. The van der Waals surface area contributed by atoms with Gasteiger partial charge in [0.05, 0.1) is 13.1 Å². The molecule has 0 atom stereocenters. The van der Waals surface area contributed by atoms with Crippen LogP contribution < -0.4 is 15.4 Å². The summed E-state index contributed by atoms with van der Waals surface area (Å²) < 4.78 is 5.74. The lowest BCUT2D eigenvalue weighted by Crippen LogP contribution is -2.54. The Kier molecular flexibility index (Phi) is 12.4. The maximum atomic E-state index is 12.0. The summed E-state index contributed by atoms with van der Waals surface area (Å²) in [7, 11) is 0. The summed E-state index contributed by atoms with van der Waals surface area (Å²) >= 11 is 0. The Morgan fingerprint density at radius 2 is 1.97 bits per heavy atom. The number of nitrogens with zero attached hydrogens (tertiary/aromatic N) is 3. The topological polar surface area (TPSA) is 69.2 Å². The third kappa shape index (κ3) is 8.91. The van der Waals surface area contributed by atoms with Crippen molar-refractivity contribution in [1.82, 2.24) is 20.4 Å². The van der Waals surface area contributed by atoms with Crippen molar-refractivity contribution in [2.24, 2.45) is 4.99 Å². The molecule has 1 aromatic rings. The molecule has 1 fully saturated rings. The summed E-state index contributed by atoms with van der Waals surface area (Å²) in [6, 6.07) is 8.14. The van der Waals surface area contributed by atoms with Crippen molar-refractivity contribution in [3.8, 4) is 5.75 Å². The number of rotatable bonds is 9. The third-order valence-electron chi connectivity index (χ3n) is 4.55. The fourth-order valence-corrected chi connectivity index (χ4v) is 3.20. The number of hydrogen-bond donors (Lipinski definition) is 2. The fraction of sp³-hybridized carbons (Fsp3) is 0.545. The summed E-state index contributed by atoms with van der Waals surface area (Å²) in [6.45, 7) is 15.4. The first kappa shape index (κ1) is 26.2. The van der Waals surface area contributed by atoms with Crippen molar-refractivity contribution < 1.29 is 9.53 Å². The van der Waals surface area contributed by atoms with Gasteiger partial charge in [-0.2, -0.15) is 0 Å². The second-order valence-electron chi connectivity index (χ2n) is 7.36. The Hall–Kier alpha value is -1.81. The predicted molar refractivity (Wildman–Crippen MR) is 134 cm³/mol. The Bertz CT molecular complexity index is 688. The molecule has 1 aliphatic rings. The maximum Gasteiger partial charge on any atom is 0.234 e. The molecule has 1 heterocycles. The van der Waals surface area contributed by atoms with Crippen molar-refractivity contribution in [2.45, 2.75) is 33.4 Å². The van der Waals surface area contributed by atoms with Crippen molar-refractivity contribution in [3.63, 3.8) is 0 Å². The Morgan fingerprint density at radius 3 is 2.60 bits per heavy atom. The van der Waals surface area contributed by atoms with Crippen LogP contribution in [0.2, 0.25) is 0 Å². The number of para-hydroxylation sites is 1. The zero-order valence-electron chi connectivity index (χ0n) is 18.4. The number of carbonyl (C=O) groups is 1. The number of carbonyl (C=O) groups excluding carboxylic acids is 1. The lowest BCUT2D eigenvalue weighted by molar-refractivity contribution is -0.123. The Morgan fingerprint density at radius 1 is 1.27 bits per heavy atom. The van der Waals surface area contributed by atoms with Gasteiger partial charge >= 0.3 is 0 Å². The van der Waals surface area contributed by atoms with E-state index in [0.29, 0.717) is 19.7 Å². The van der Waals surface area contributed by atoms with Crippen LogP contribution in [0.15, 0.2) is 41.9 Å². The van der Waals surface area contributed by atoms with E-state index in [-0.39, 0.29) is 35.9 Å². The van der Waals surface area contributed by atoms with Crippen molar-refractivity contribution >= 4 is 35.8 Å². The molecule has 0 spiro atoms. The first-order valence-electron chi connectivity index (χ1n) is 10.4. The monoisotopic (exact) mass is 529 g/mol. The molecular weight excluding hydrogens is 493 g/mol. The van der Waals surface area contributed by atoms with E-state index >= 15 is 0 Å². The molecule has 1 aromatic carbocycles. The molecule has 0 bridgehead atoms. The van der Waals surface area contributed by atoms with E-state index in [1.165, 1.54) is 0 Å². The molecule has 7 nitrogen and oxygen atoms in total. The van der Waals surface area contributed by atoms with Crippen LogP contribution in [0, 0.1) is 0 Å². The summed E-state index contributed by atoms with van der Waals surface area (Å²) in [5.41, 5.74) is 1.05. The minimum Gasteiger partial charge on any atom is -0.489 e. The first-order valence-corrected chi connectivity index (χ1v) is 10.4. The number of aliphatic imine (C=N–C) groups is 1. The standard InChI is InChI=1S/C22H35N5O2.HI/c1-5-15-29-20-10-8-7-9-19(20)16-24-22(23-6-2)27-13-11-26(12-14-27)17-21(28)25-18(3)4;/h5,7-10,18H,1,6,11-17H2,2-4H3,(H,23,24)(H,25,28);1H. The number of hydrogen-bond acceptors (Lipinski definition) is 4. The van der Waals surface area contributed by atoms with Crippen LogP contribution in [-0.4, -0.2) is 73.6 Å². The normalized spacial score (nSPS) is 14.8. The highest BCUT2D eigenvalue weighted by molar-refractivity contribution is 14.0. The van der Waals surface area contributed by atoms with E-state index in [2.05, 4.69) is 33.9 Å². The van der Waals surface area contributed by atoms with E-state index in [1.807, 2.05) is 38.1 Å². The number of amides is 1. The number of halogens is 1. The fourth-order valence-electron chi connectivity index (χ4n) is 3.20. The summed E-state index contributed by atoms with van der Waals surface area (Å²) in [5, 5.41) is 6.34. The molecule has 30 heavy (non-hydrogen) atoms. The highest BCUT2D eigenvalue weighted by Crippen LogP contribution is 2.19. The summed E-state index contributed by atoms with van der Waals surface area (Å²) in [4.78, 5) is 21.3. The van der Waals surface area contributed by atoms with Crippen molar-refractivity contribution in [1.29, 1.82) is 0 Å². The largest absolute Gasteiger partial charge is 0.489 e. The number of ether oxygens (including phenoxy) is 1. The van der Waals surface area contributed by atoms with Crippen LogP contribution in [0.4, 0.5) is 0 Å². The Labute approximate surface area is 198 Å². The minimum atomic E-state index is 0. The van der Waals surface area contributed by atoms with Gasteiger partial charge in [0.2, 0.25) is 5.91 Å². The average molecular weight is 529 g/mol. The van der Waals surface area contributed by atoms with Gasteiger partial charge in [-0.05, 0) is 26.8 Å². The second-order valence-corrected chi connectivity index (χ2v) is 7.36. The van der Waals surface area contributed by atoms with E-state index < -0.39 is 0 Å². The molecule has 0 aliphatic carbocycles. The molecule has 2 N–H and O–H groups in total. The molecule has 0 radical (unpaired) electrons. The van der Waals surface area contributed by atoms with Gasteiger partial charge in [0.1, 0.15) is 12.4 Å². The lowest BCUT2D eigenvalue weighted by Gasteiger charge is -2.36. The van der Waals surface area contributed by atoms with Gasteiger partial charge in [0, 0.05) is 44.3 Å². The molecule has 0 unspecified atom stereocenters. The molecule has 1 amide bonds. The highest BCUT2D eigenvalue weighted by Gasteiger charge is 2.21. The molecular formula is C22H36IN5O2. The van der Waals surface area contributed by atoms with Gasteiger partial charge in [-0.3, -0.25) is 9.69 Å². The van der Waals surface area contributed by atoms with E-state index in [9.17, 15) is 4.79 Å². The van der Waals surface area contributed by atoms with Crippen LogP contribution >= 0.6 is 24.0 Å². The second kappa shape index (κ2) is 14.2. The van der Waals surface area contributed by atoms with Gasteiger partial charge in [-0.1, -0.05) is 30.9 Å². The average Bonchev–Trinajstić information content (AvgIpc) is 2.70. The molecule has 0 saturated carbocycles. The van der Waals surface area contributed by atoms with Gasteiger partial charge in [0.25, 0.3) is 0 Å². The minimum absolute atomic E-state index is 0. The lowest BCUT2D eigenvalue weighted by atomic mass is 10.2. The highest BCUT2D eigenvalue weighted by atomic mass is 127. The van der Waals surface area contributed by atoms with Crippen LogP contribution in [0.3, 0.4) is 0 Å².